The Morgan fingerprint density at radius 3 is 2.75 bits per heavy atom. The summed E-state index contributed by atoms with van der Waals surface area (Å²) in [5, 5.41) is 4.40. The van der Waals surface area contributed by atoms with Crippen LogP contribution in [0.5, 0.6) is 5.75 Å². The van der Waals surface area contributed by atoms with Gasteiger partial charge in [-0.15, -0.1) is 0 Å². The number of allylic oxidation sites excluding steroid dienone is 2. The van der Waals surface area contributed by atoms with Crippen LogP contribution in [0.4, 0.5) is 11.4 Å². The standard InChI is InChI=1S/C28H27ClN2O/c1-2-16-32-27-15-10-19(17-25(27)29)18-30-21-13-11-20(12-14-21)28-24-8-5-7-22(24)23-6-3-4-9-26(23)31-28/h3-7,9-15,17-18,22,24,28,31H,2,8,16H2,1H3/t22-,24+,28+/m1/s1. The quantitative estimate of drug-likeness (QED) is 0.313. The van der Waals surface area contributed by atoms with Gasteiger partial charge in [0, 0.05) is 17.8 Å². The number of aliphatic imine (C=N–C) groups is 1. The summed E-state index contributed by atoms with van der Waals surface area (Å²) in [6.07, 6.45) is 8.61. The average molecular weight is 443 g/mol. The molecular weight excluding hydrogens is 416 g/mol. The highest BCUT2D eigenvalue weighted by Gasteiger charge is 2.37. The lowest BCUT2D eigenvalue weighted by Crippen LogP contribution is -2.28. The van der Waals surface area contributed by atoms with Gasteiger partial charge in [0.15, 0.2) is 0 Å². The van der Waals surface area contributed by atoms with E-state index in [4.69, 9.17) is 16.3 Å². The fourth-order valence-corrected chi connectivity index (χ4v) is 4.96. The van der Waals surface area contributed by atoms with Crippen molar-refractivity contribution >= 4 is 29.2 Å². The molecule has 1 aliphatic heterocycles. The van der Waals surface area contributed by atoms with Crippen LogP contribution in [0.3, 0.4) is 0 Å². The van der Waals surface area contributed by atoms with E-state index in [1.165, 1.54) is 16.8 Å². The van der Waals surface area contributed by atoms with Crippen molar-refractivity contribution in [3.63, 3.8) is 0 Å². The fourth-order valence-electron chi connectivity index (χ4n) is 4.72. The van der Waals surface area contributed by atoms with Crippen LogP contribution in [0.15, 0.2) is 83.9 Å². The van der Waals surface area contributed by atoms with Gasteiger partial charge in [-0.2, -0.15) is 0 Å². The van der Waals surface area contributed by atoms with Crippen molar-refractivity contribution in [3.8, 4) is 5.75 Å². The van der Waals surface area contributed by atoms with E-state index in [2.05, 4.69) is 77.9 Å². The molecule has 0 bridgehead atoms. The number of benzene rings is 3. The second-order valence-corrected chi connectivity index (χ2v) is 8.86. The second-order valence-electron chi connectivity index (χ2n) is 8.45. The Labute approximate surface area is 194 Å². The van der Waals surface area contributed by atoms with Crippen LogP contribution in [0.25, 0.3) is 0 Å². The maximum Gasteiger partial charge on any atom is 0.137 e. The summed E-state index contributed by atoms with van der Waals surface area (Å²) in [5.41, 5.74) is 5.84. The molecule has 4 heteroatoms. The van der Waals surface area contributed by atoms with E-state index >= 15 is 0 Å². The second kappa shape index (κ2) is 9.22. The van der Waals surface area contributed by atoms with Gasteiger partial charge in [-0.1, -0.05) is 61.0 Å². The average Bonchev–Trinajstić information content (AvgIpc) is 3.32. The van der Waals surface area contributed by atoms with Crippen LogP contribution in [-0.4, -0.2) is 12.8 Å². The van der Waals surface area contributed by atoms with E-state index in [0.29, 0.717) is 29.5 Å². The number of anilines is 1. The summed E-state index contributed by atoms with van der Waals surface area (Å²) in [6, 6.07) is 23.3. The first-order valence-corrected chi connectivity index (χ1v) is 11.7. The summed E-state index contributed by atoms with van der Waals surface area (Å²) in [4.78, 5) is 4.64. The molecule has 162 valence electrons. The molecule has 0 amide bonds. The predicted molar refractivity (Wildman–Crippen MR) is 134 cm³/mol. The lowest BCUT2D eigenvalue weighted by atomic mass is 9.77. The fraction of sp³-hybridized carbons (Fsp3) is 0.250. The van der Waals surface area contributed by atoms with Crippen LogP contribution in [0, 0.1) is 5.92 Å². The SMILES string of the molecule is CCCOc1ccc(C=Nc2ccc([C@@H]3Nc4ccccc4[C@H]4C=CC[C@@H]43)cc2)cc1Cl. The third-order valence-corrected chi connectivity index (χ3v) is 6.60. The Morgan fingerprint density at radius 1 is 1.09 bits per heavy atom. The molecule has 3 atom stereocenters. The molecule has 0 spiro atoms. The summed E-state index contributed by atoms with van der Waals surface area (Å²) in [7, 11) is 0. The maximum absolute atomic E-state index is 6.34. The summed E-state index contributed by atoms with van der Waals surface area (Å²) in [5.74, 6) is 1.76. The molecule has 0 radical (unpaired) electrons. The first-order chi connectivity index (χ1) is 15.7. The van der Waals surface area contributed by atoms with Gasteiger partial charge in [-0.25, -0.2) is 0 Å². The van der Waals surface area contributed by atoms with Gasteiger partial charge in [-0.3, -0.25) is 4.99 Å². The van der Waals surface area contributed by atoms with E-state index < -0.39 is 0 Å². The minimum Gasteiger partial charge on any atom is -0.492 e. The highest BCUT2D eigenvalue weighted by Crippen LogP contribution is 2.49. The van der Waals surface area contributed by atoms with Crippen molar-refractivity contribution in [3.05, 3.63) is 101 Å². The van der Waals surface area contributed by atoms with E-state index in [9.17, 15) is 0 Å². The van der Waals surface area contributed by atoms with E-state index in [1.54, 1.807) is 0 Å². The molecule has 1 N–H and O–H groups in total. The normalized spacial score (nSPS) is 21.2. The van der Waals surface area contributed by atoms with Crippen molar-refractivity contribution in [2.45, 2.75) is 31.7 Å². The number of halogens is 1. The summed E-state index contributed by atoms with van der Waals surface area (Å²) >= 11 is 6.34. The van der Waals surface area contributed by atoms with Crippen LogP contribution in [0.1, 0.15) is 48.4 Å². The van der Waals surface area contributed by atoms with Crippen molar-refractivity contribution in [2.24, 2.45) is 10.9 Å². The van der Waals surface area contributed by atoms with Crippen LogP contribution in [-0.2, 0) is 0 Å². The molecule has 3 aromatic carbocycles. The van der Waals surface area contributed by atoms with Crippen LogP contribution >= 0.6 is 11.6 Å². The number of nitrogens with zero attached hydrogens (tertiary/aromatic N) is 1. The zero-order chi connectivity index (χ0) is 21.9. The van der Waals surface area contributed by atoms with E-state index in [-0.39, 0.29) is 0 Å². The monoisotopic (exact) mass is 442 g/mol. The Kier molecular flexibility index (Phi) is 6.00. The summed E-state index contributed by atoms with van der Waals surface area (Å²) < 4.78 is 5.64. The third kappa shape index (κ3) is 4.18. The van der Waals surface area contributed by atoms with Crippen LogP contribution in [0.2, 0.25) is 5.02 Å². The summed E-state index contributed by atoms with van der Waals surface area (Å²) in [6.45, 7) is 2.74. The Bertz CT molecular complexity index is 1150. The largest absolute Gasteiger partial charge is 0.492 e. The molecule has 3 aromatic rings. The zero-order valence-electron chi connectivity index (χ0n) is 18.2. The molecule has 0 unspecified atom stereocenters. The molecule has 0 fully saturated rings. The number of hydrogen-bond donors (Lipinski definition) is 1. The first-order valence-electron chi connectivity index (χ1n) is 11.3. The first kappa shape index (κ1) is 20.8. The molecule has 1 aliphatic carbocycles. The molecule has 5 rings (SSSR count). The topological polar surface area (TPSA) is 33.6 Å². The number of ether oxygens (including phenoxy) is 1. The lowest BCUT2D eigenvalue weighted by Gasteiger charge is -2.37. The Morgan fingerprint density at radius 2 is 1.94 bits per heavy atom. The van der Waals surface area contributed by atoms with E-state index in [1.807, 2.05) is 24.4 Å². The number of nitrogens with one attached hydrogen (secondary N) is 1. The van der Waals surface area contributed by atoms with Gasteiger partial charge < -0.3 is 10.1 Å². The smallest absolute Gasteiger partial charge is 0.137 e. The number of hydrogen-bond acceptors (Lipinski definition) is 3. The van der Waals surface area contributed by atoms with Crippen molar-refractivity contribution in [1.29, 1.82) is 0 Å². The highest BCUT2D eigenvalue weighted by molar-refractivity contribution is 6.32. The van der Waals surface area contributed by atoms with Crippen LogP contribution < -0.4 is 10.1 Å². The molecule has 0 saturated carbocycles. The minimum absolute atomic E-state index is 0.303. The van der Waals surface area contributed by atoms with Crippen molar-refractivity contribution in [2.75, 3.05) is 11.9 Å². The Hall–Kier alpha value is -3.04. The highest BCUT2D eigenvalue weighted by atomic mass is 35.5. The van der Waals surface area contributed by atoms with Gasteiger partial charge in [0.05, 0.1) is 23.4 Å². The van der Waals surface area contributed by atoms with Crippen molar-refractivity contribution in [1.82, 2.24) is 0 Å². The van der Waals surface area contributed by atoms with Gasteiger partial charge in [0.25, 0.3) is 0 Å². The van der Waals surface area contributed by atoms with Gasteiger partial charge in [-0.05, 0) is 71.8 Å². The van der Waals surface area contributed by atoms with E-state index in [0.717, 1.165) is 29.8 Å². The van der Waals surface area contributed by atoms with Gasteiger partial charge in [0.2, 0.25) is 0 Å². The van der Waals surface area contributed by atoms with Crippen molar-refractivity contribution < 1.29 is 4.74 Å². The lowest BCUT2D eigenvalue weighted by molar-refractivity contribution is 0.317. The molecule has 1 heterocycles. The molecule has 0 aromatic heterocycles. The number of para-hydroxylation sites is 1. The predicted octanol–water partition coefficient (Wildman–Crippen LogP) is 7.71. The van der Waals surface area contributed by atoms with Gasteiger partial charge in [0.1, 0.15) is 5.75 Å². The number of rotatable bonds is 6. The minimum atomic E-state index is 0.303. The molecule has 32 heavy (non-hydrogen) atoms. The molecule has 2 aliphatic rings. The zero-order valence-corrected chi connectivity index (χ0v) is 18.9. The van der Waals surface area contributed by atoms with Gasteiger partial charge >= 0.3 is 0 Å². The maximum atomic E-state index is 6.34. The third-order valence-electron chi connectivity index (χ3n) is 6.30. The Balaban J connectivity index is 1.31. The number of fused-ring (bicyclic) bond motifs is 3. The molecule has 0 saturated heterocycles. The molecule has 3 nitrogen and oxygen atoms in total. The molecular formula is C28H27ClN2O.